The van der Waals surface area contributed by atoms with Crippen molar-refractivity contribution in [1.82, 2.24) is 9.80 Å². The van der Waals surface area contributed by atoms with Crippen LogP contribution < -0.4 is 5.73 Å². The van der Waals surface area contributed by atoms with Crippen LogP contribution in [0.4, 0.5) is 0 Å². The number of allylic oxidation sites excluding steroid dienone is 1. The zero-order valence-electron chi connectivity index (χ0n) is 23.3. The first kappa shape index (κ1) is 28.2. The normalized spacial score (nSPS) is 28.1. The summed E-state index contributed by atoms with van der Waals surface area (Å²) in [5.41, 5.74) is 2.74. The van der Waals surface area contributed by atoms with Crippen LogP contribution in [0.25, 0.3) is 11.3 Å². The molecule has 4 atom stereocenters. The Morgan fingerprint density at radius 2 is 1.83 bits per heavy atom. The third kappa shape index (κ3) is 4.09. The number of aliphatic hydroxyl groups is 3. The third-order valence-corrected chi connectivity index (χ3v) is 9.02. The summed E-state index contributed by atoms with van der Waals surface area (Å²) in [6.07, 6.45) is 0.194. The second-order valence-electron chi connectivity index (χ2n) is 11.6. The van der Waals surface area contributed by atoms with Crippen molar-refractivity contribution in [2.45, 2.75) is 31.0 Å². The van der Waals surface area contributed by atoms with Gasteiger partial charge in [-0.2, -0.15) is 0 Å². The highest BCUT2D eigenvalue weighted by atomic mass is 16.5. The van der Waals surface area contributed by atoms with Crippen LogP contribution in [0.5, 0.6) is 5.75 Å². The number of aliphatic hydroxyl groups excluding tert-OH is 2. The van der Waals surface area contributed by atoms with E-state index in [0.717, 1.165) is 18.8 Å². The van der Waals surface area contributed by atoms with Crippen molar-refractivity contribution in [1.29, 1.82) is 0 Å². The van der Waals surface area contributed by atoms with E-state index in [1.807, 2.05) is 12.1 Å². The number of ketones is 2. The number of rotatable bonds is 5. The quantitative estimate of drug-likeness (QED) is 0.321. The highest BCUT2D eigenvalue weighted by Crippen LogP contribution is 2.53. The molecule has 2 aromatic rings. The third-order valence-electron chi connectivity index (χ3n) is 9.02. The van der Waals surface area contributed by atoms with Gasteiger partial charge < -0.3 is 35.3 Å². The molecular formula is C30H33N3O9. The Morgan fingerprint density at radius 1 is 1.12 bits per heavy atom. The fourth-order valence-corrected chi connectivity index (χ4v) is 7.07. The molecule has 1 aromatic heterocycles. The summed E-state index contributed by atoms with van der Waals surface area (Å²) < 4.78 is 11.6. The topological polar surface area (TPSA) is 187 Å². The van der Waals surface area contributed by atoms with Crippen LogP contribution in [-0.4, -0.2) is 99.7 Å². The zero-order chi connectivity index (χ0) is 30.1. The predicted molar refractivity (Wildman–Crippen MR) is 147 cm³/mol. The summed E-state index contributed by atoms with van der Waals surface area (Å²) in [5, 5.41) is 44.9. The van der Waals surface area contributed by atoms with E-state index in [4.69, 9.17) is 14.9 Å². The molecule has 12 nitrogen and oxygen atoms in total. The Bertz CT molecular complexity index is 1570. The summed E-state index contributed by atoms with van der Waals surface area (Å²) >= 11 is 0. The van der Waals surface area contributed by atoms with Crippen molar-refractivity contribution >= 4 is 17.5 Å². The number of nitrogens with zero attached hydrogens (tertiary/aromatic N) is 2. The van der Waals surface area contributed by atoms with E-state index in [-0.39, 0.29) is 29.7 Å². The first-order valence-electron chi connectivity index (χ1n) is 13.8. The average Bonchev–Trinajstić information content (AvgIpc) is 3.39. The van der Waals surface area contributed by atoms with Crippen molar-refractivity contribution < 1.29 is 44.0 Å². The van der Waals surface area contributed by atoms with E-state index in [1.165, 1.54) is 11.0 Å². The van der Waals surface area contributed by atoms with Crippen molar-refractivity contribution in [2.24, 2.45) is 17.6 Å². The highest BCUT2D eigenvalue weighted by Gasteiger charge is 2.63. The summed E-state index contributed by atoms with van der Waals surface area (Å²) in [4.78, 5) is 43.2. The molecule has 4 unspecified atom stereocenters. The van der Waals surface area contributed by atoms with Gasteiger partial charge in [0, 0.05) is 30.1 Å². The predicted octanol–water partition coefficient (Wildman–Crippen LogP) is 1.21. The van der Waals surface area contributed by atoms with Gasteiger partial charge in [-0.1, -0.05) is 0 Å². The minimum absolute atomic E-state index is 0.0152. The van der Waals surface area contributed by atoms with Gasteiger partial charge in [-0.05, 0) is 62.7 Å². The van der Waals surface area contributed by atoms with E-state index in [0.29, 0.717) is 36.6 Å². The van der Waals surface area contributed by atoms with Crippen LogP contribution in [0.15, 0.2) is 51.3 Å². The van der Waals surface area contributed by atoms with Crippen LogP contribution in [-0.2, 0) is 27.3 Å². The number of morpholine rings is 1. The molecule has 4 aliphatic rings. The molecule has 1 amide bonds. The van der Waals surface area contributed by atoms with Gasteiger partial charge in [-0.25, -0.2) is 0 Å². The molecule has 0 spiro atoms. The Balaban J connectivity index is 1.43. The van der Waals surface area contributed by atoms with Gasteiger partial charge >= 0.3 is 0 Å². The monoisotopic (exact) mass is 579 g/mol. The van der Waals surface area contributed by atoms with Crippen molar-refractivity contribution in [3.8, 4) is 17.1 Å². The molecule has 0 radical (unpaired) electrons. The smallest absolute Gasteiger partial charge is 0.255 e. The molecule has 12 heteroatoms. The van der Waals surface area contributed by atoms with Gasteiger partial charge in [0.05, 0.1) is 31.4 Å². The number of hydrogen-bond acceptors (Lipinski definition) is 11. The van der Waals surface area contributed by atoms with Gasteiger partial charge in [-0.3, -0.25) is 24.2 Å². The molecule has 1 aromatic carbocycles. The lowest BCUT2D eigenvalue weighted by atomic mass is 9.58. The molecule has 1 fully saturated rings. The van der Waals surface area contributed by atoms with E-state index in [1.54, 1.807) is 20.2 Å². The summed E-state index contributed by atoms with van der Waals surface area (Å²) in [7, 11) is 3.18. The van der Waals surface area contributed by atoms with Gasteiger partial charge in [0.1, 0.15) is 34.4 Å². The van der Waals surface area contributed by atoms with Crippen molar-refractivity contribution in [3.05, 3.63) is 63.8 Å². The average molecular weight is 580 g/mol. The lowest BCUT2D eigenvalue weighted by Crippen LogP contribution is -2.63. The summed E-state index contributed by atoms with van der Waals surface area (Å²) in [6, 6.07) is 5.67. The molecule has 6 rings (SSSR count). The molecule has 42 heavy (non-hydrogen) atoms. The number of nitrogens with two attached hydrogens (primary N) is 1. The first-order valence-corrected chi connectivity index (χ1v) is 13.8. The van der Waals surface area contributed by atoms with Crippen LogP contribution >= 0.6 is 0 Å². The molecular weight excluding hydrogens is 546 g/mol. The van der Waals surface area contributed by atoms with Gasteiger partial charge in [0.2, 0.25) is 5.78 Å². The Labute approximate surface area is 241 Å². The lowest BCUT2D eigenvalue weighted by molar-refractivity contribution is -0.148. The zero-order valence-corrected chi connectivity index (χ0v) is 23.3. The molecule has 0 saturated carbocycles. The first-order chi connectivity index (χ1) is 19.9. The Morgan fingerprint density at radius 3 is 2.50 bits per heavy atom. The van der Waals surface area contributed by atoms with Gasteiger partial charge in [0.15, 0.2) is 11.4 Å². The van der Waals surface area contributed by atoms with E-state index in [2.05, 4.69) is 4.90 Å². The summed E-state index contributed by atoms with van der Waals surface area (Å²) in [5.74, 6) is -5.58. The molecule has 6 N–H and O–H groups in total. The number of furan rings is 1. The number of phenolic OH excluding ortho intramolecular Hbond substituents is 1. The number of likely N-dealkylation sites (N-methyl/N-ethyl adjacent to an activating group) is 1. The number of hydrogen-bond donors (Lipinski definition) is 5. The van der Waals surface area contributed by atoms with Crippen LogP contribution in [0.3, 0.4) is 0 Å². The number of fused-ring (bicyclic) bond motifs is 3. The van der Waals surface area contributed by atoms with Crippen LogP contribution in [0, 0.1) is 11.8 Å². The fraction of sp³-hybridized carbons (Fsp3) is 0.433. The number of Topliss-reactive ketones (excluding diaryl/α,β-unsaturated/α-hetero) is 2. The number of amides is 1. The maximum atomic E-state index is 13.9. The number of benzene rings is 1. The molecule has 222 valence electrons. The van der Waals surface area contributed by atoms with Gasteiger partial charge in [-0.15, -0.1) is 0 Å². The summed E-state index contributed by atoms with van der Waals surface area (Å²) in [6.45, 7) is 3.47. The molecule has 3 aliphatic carbocycles. The highest BCUT2D eigenvalue weighted by molar-refractivity contribution is 6.24. The Kier molecular flexibility index (Phi) is 6.76. The van der Waals surface area contributed by atoms with Crippen LogP contribution in [0.2, 0.25) is 0 Å². The van der Waals surface area contributed by atoms with E-state index < -0.39 is 58.0 Å². The molecule has 1 saturated heterocycles. The minimum Gasteiger partial charge on any atom is -0.510 e. The molecule has 1 aliphatic heterocycles. The van der Waals surface area contributed by atoms with Crippen molar-refractivity contribution in [2.75, 3.05) is 40.4 Å². The number of phenols is 1. The van der Waals surface area contributed by atoms with Crippen LogP contribution in [0.1, 0.15) is 28.1 Å². The minimum atomic E-state index is -2.67. The fourth-order valence-electron chi connectivity index (χ4n) is 7.07. The maximum absolute atomic E-state index is 13.9. The number of ether oxygens (including phenoxy) is 1. The lowest BCUT2D eigenvalue weighted by Gasteiger charge is -2.50. The second kappa shape index (κ2) is 10.1. The SMILES string of the molecule is CN(C)C1C(O)=C(C(N)=O)C(=O)C2(O)C(O)=C3C(=O)c4c(O)ccc(-c5ccc(CN6CCOCC6)o5)c4CC3CC12. The standard InChI is InChI=1S/C30H33N3O9/c1-32(2)24-18-12-14-11-17-16(20-6-3-15(42-20)13-33-7-9-41-10-8-33)4-5-19(34)22(17)25(35)21(14)27(37)30(18,40)28(38)23(26(24)36)29(31)39/h3-6,14,18,24,34,36-37,40H,7-13H2,1-2H3,(H2,31,39). The number of primary amides is 1. The van der Waals surface area contributed by atoms with E-state index in [9.17, 15) is 34.8 Å². The molecule has 0 bridgehead atoms. The maximum Gasteiger partial charge on any atom is 0.255 e. The second-order valence-corrected chi connectivity index (χ2v) is 11.6. The van der Waals surface area contributed by atoms with Crippen molar-refractivity contribution in [3.63, 3.8) is 0 Å². The van der Waals surface area contributed by atoms with Gasteiger partial charge in [0.25, 0.3) is 5.91 Å². The number of carbonyl (C=O) groups excluding carboxylic acids is 3. The largest absolute Gasteiger partial charge is 0.510 e. The van der Waals surface area contributed by atoms with E-state index >= 15 is 0 Å². The number of aromatic hydroxyl groups is 1. The Hall–Kier alpha value is -3.97. The molecule has 2 heterocycles. The number of carbonyl (C=O) groups is 3.